The Hall–Kier alpha value is -4.01. The van der Waals surface area contributed by atoms with E-state index in [1.807, 2.05) is 60.3 Å². The lowest BCUT2D eigenvalue weighted by Crippen LogP contribution is -2.55. The molecule has 0 bridgehead atoms. The Morgan fingerprint density at radius 2 is 1.85 bits per heavy atom. The van der Waals surface area contributed by atoms with Gasteiger partial charge in [-0.3, -0.25) is 9.36 Å². The third kappa shape index (κ3) is 6.21. The molecule has 0 N–H and O–H groups in total. The van der Waals surface area contributed by atoms with Crippen LogP contribution in [0.5, 0.6) is 11.5 Å². The molecule has 252 valence electrons. The first kappa shape index (κ1) is 34.3. The zero-order valence-electron chi connectivity index (χ0n) is 28.4. The van der Waals surface area contributed by atoms with Crippen LogP contribution in [0.2, 0.25) is 5.02 Å². The minimum Gasteiger partial charge on any atom is -0.485 e. The molecule has 1 amide bonds. The molecular formula is C35H42ClFN4O6. The predicted octanol–water partition coefficient (Wildman–Crippen LogP) is 7.13. The van der Waals surface area contributed by atoms with E-state index < -0.39 is 40.6 Å². The molecule has 2 aliphatic rings. The van der Waals surface area contributed by atoms with Crippen LogP contribution in [0.25, 0.3) is 22.0 Å². The average Bonchev–Trinajstić information content (AvgIpc) is 2.97. The van der Waals surface area contributed by atoms with E-state index in [1.165, 1.54) is 19.2 Å². The number of methoxy groups -OCH3 is 1. The molecule has 1 unspecified atom stereocenters. The highest BCUT2D eigenvalue weighted by Crippen LogP contribution is 2.52. The summed E-state index contributed by atoms with van der Waals surface area (Å²) in [6.07, 6.45) is -0.974. The summed E-state index contributed by atoms with van der Waals surface area (Å²) in [5, 5.41) is 11.2. The third-order valence-electron chi connectivity index (χ3n) is 8.55. The number of piperazine rings is 1. The molecule has 0 saturated carbocycles. The largest absolute Gasteiger partial charge is 0.485 e. The Morgan fingerprint density at radius 3 is 2.45 bits per heavy atom. The van der Waals surface area contributed by atoms with Crippen LogP contribution in [0, 0.1) is 22.6 Å². The van der Waals surface area contributed by atoms with E-state index in [2.05, 4.69) is 6.07 Å². The lowest BCUT2D eigenvalue weighted by Gasteiger charge is -2.44. The van der Waals surface area contributed by atoms with Crippen LogP contribution in [-0.2, 0) is 9.47 Å². The molecule has 1 saturated heterocycles. The quantitative estimate of drug-likeness (QED) is 0.265. The fraction of sp³-hybridized carbons (Fsp3) is 0.514. The van der Waals surface area contributed by atoms with E-state index in [1.54, 1.807) is 21.6 Å². The highest BCUT2D eigenvalue weighted by Gasteiger charge is 2.42. The van der Waals surface area contributed by atoms with Gasteiger partial charge in [-0.05, 0) is 52.8 Å². The van der Waals surface area contributed by atoms with Gasteiger partial charge < -0.3 is 28.7 Å². The number of nitrogens with zero attached hydrogens (tertiary/aromatic N) is 4. The summed E-state index contributed by atoms with van der Waals surface area (Å²) >= 11 is 7.09. The van der Waals surface area contributed by atoms with Crippen molar-refractivity contribution in [2.45, 2.75) is 79.2 Å². The molecule has 3 heterocycles. The van der Waals surface area contributed by atoms with Gasteiger partial charge in [-0.25, -0.2) is 9.18 Å². The summed E-state index contributed by atoms with van der Waals surface area (Å²) in [7, 11) is 1.46. The number of carbonyl (C=O) groups is 1. The molecule has 0 spiro atoms. The zero-order valence-corrected chi connectivity index (χ0v) is 29.1. The Balaban J connectivity index is 1.79. The third-order valence-corrected chi connectivity index (χ3v) is 8.85. The summed E-state index contributed by atoms with van der Waals surface area (Å²) in [6.45, 7) is 16.0. The summed E-state index contributed by atoms with van der Waals surface area (Å²) in [5.74, 6) is -0.186. The average molecular weight is 669 g/mol. The number of aromatic nitrogens is 1. The van der Waals surface area contributed by atoms with Gasteiger partial charge in [-0.2, -0.15) is 5.26 Å². The molecule has 0 aliphatic carbocycles. The van der Waals surface area contributed by atoms with E-state index in [-0.39, 0.29) is 46.0 Å². The van der Waals surface area contributed by atoms with Crippen molar-refractivity contribution in [3.63, 3.8) is 0 Å². The van der Waals surface area contributed by atoms with Gasteiger partial charge >= 0.3 is 6.09 Å². The number of hydrogen-bond acceptors (Lipinski definition) is 8. The molecule has 2 aliphatic heterocycles. The normalized spacial score (nSPS) is 19.7. The molecule has 0 radical (unpaired) electrons. The van der Waals surface area contributed by atoms with Crippen LogP contribution in [0.1, 0.15) is 67.0 Å². The fourth-order valence-electron chi connectivity index (χ4n) is 6.66. The summed E-state index contributed by atoms with van der Waals surface area (Å²) < 4.78 is 40.6. The molecule has 1 fully saturated rings. The van der Waals surface area contributed by atoms with E-state index >= 15 is 4.39 Å². The van der Waals surface area contributed by atoms with Crippen LogP contribution in [0.3, 0.4) is 0 Å². The molecule has 5 rings (SSSR count). The maximum absolute atomic E-state index is 15.8. The second kappa shape index (κ2) is 12.5. The minimum absolute atomic E-state index is 0.0405. The number of nitriles is 1. The maximum Gasteiger partial charge on any atom is 0.410 e. The Kier molecular flexibility index (Phi) is 9.16. The summed E-state index contributed by atoms with van der Waals surface area (Å²) in [4.78, 5) is 30.9. The van der Waals surface area contributed by atoms with E-state index in [9.17, 15) is 14.9 Å². The van der Waals surface area contributed by atoms with Gasteiger partial charge in [-0.15, -0.1) is 0 Å². The summed E-state index contributed by atoms with van der Waals surface area (Å²) in [6, 6.07) is 7.50. The van der Waals surface area contributed by atoms with Crippen molar-refractivity contribution in [3.05, 3.63) is 51.0 Å². The number of carbonyl (C=O) groups excluding carboxylic acids is 1. The maximum atomic E-state index is 15.8. The first-order chi connectivity index (χ1) is 22.0. The van der Waals surface area contributed by atoms with Crippen molar-refractivity contribution in [1.29, 1.82) is 5.26 Å². The number of ether oxygens (including phenoxy) is 4. The molecule has 47 heavy (non-hydrogen) atoms. The molecule has 10 nitrogen and oxygen atoms in total. The number of anilines is 1. The van der Waals surface area contributed by atoms with Crippen molar-refractivity contribution >= 4 is 34.3 Å². The Bertz CT molecular complexity index is 1820. The molecular weight excluding hydrogens is 627 g/mol. The van der Waals surface area contributed by atoms with Gasteiger partial charge in [0.15, 0.2) is 12.5 Å². The van der Waals surface area contributed by atoms with E-state index in [4.69, 9.17) is 30.5 Å². The zero-order chi connectivity index (χ0) is 34.6. The molecule has 3 atom stereocenters. The Labute approximate surface area is 279 Å². The molecule has 3 aromatic rings. The predicted molar refractivity (Wildman–Crippen MR) is 179 cm³/mol. The first-order valence-electron chi connectivity index (χ1n) is 15.7. The number of benzene rings is 2. The number of amides is 1. The van der Waals surface area contributed by atoms with Gasteiger partial charge in [0.25, 0.3) is 5.56 Å². The van der Waals surface area contributed by atoms with Gasteiger partial charge in [0.1, 0.15) is 34.9 Å². The van der Waals surface area contributed by atoms with Crippen molar-refractivity contribution in [2.24, 2.45) is 5.41 Å². The van der Waals surface area contributed by atoms with Crippen molar-refractivity contribution in [1.82, 2.24) is 9.47 Å². The number of hydrogen-bond donors (Lipinski definition) is 0. The minimum atomic E-state index is -0.654. The highest BCUT2D eigenvalue weighted by molar-refractivity contribution is 6.35. The lowest BCUT2D eigenvalue weighted by atomic mass is 9.83. The standard InChI is InChI=1S/C35H42ClFN4O6/c1-19-17-39(33(43)47-35(6,7)8)13-14-40(19)28-21-15-23(36)26(27-24(37)11-10-12-25(27)45-18-44-9)30-29(21)41(32(42)22(28)16-38)20(2)31(46-30)34(3,4)5/h10-12,15,19-20,31H,13-14,17-18H2,1-9H3/t19-,20-,31?/m0/s1. The van der Waals surface area contributed by atoms with E-state index in [0.29, 0.717) is 36.2 Å². The SMILES string of the molecule is COCOc1cccc(F)c1-c1c(Cl)cc2c(N3CCN(C(=O)OC(C)(C)C)C[C@@H]3C)c(C#N)c(=O)n3c2c1OC(C(C)(C)C)[C@@H]3C. The van der Waals surface area contributed by atoms with Crippen LogP contribution in [0.4, 0.5) is 14.9 Å². The fourth-order valence-corrected chi connectivity index (χ4v) is 6.95. The lowest BCUT2D eigenvalue weighted by molar-refractivity contribution is 0.0218. The van der Waals surface area contributed by atoms with Crippen LogP contribution < -0.4 is 19.9 Å². The van der Waals surface area contributed by atoms with Gasteiger partial charge in [0, 0.05) is 43.6 Å². The monoisotopic (exact) mass is 668 g/mol. The second-order valence-corrected chi connectivity index (χ2v) is 14.7. The Morgan fingerprint density at radius 1 is 1.15 bits per heavy atom. The van der Waals surface area contributed by atoms with Gasteiger partial charge in [-0.1, -0.05) is 38.4 Å². The molecule has 1 aromatic heterocycles. The summed E-state index contributed by atoms with van der Waals surface area (Å²) in [5.41, 5.74) is -0.552. The number of pyridine rings is 1. The van der Waals surface area contributed by atoms with Gasteiger partial charge in [0.2, 0.25) is 0 Å². The second-order valence-electron chi connectivity index (χ2n) is 14.2. The smallest absolute Gasteiger partial charge is 0.410 e. The van der Waals surface area contributed by atoms with Crippen molar-refractivity contribution in [3.8, 4) is 28.7 Å². The van der Waals surface area contributed by atoms with Crippen molar-refractivity contribution < 1.29 is 28.1 Å². The van der Waals surface area contributed by atoms with Crippen LogP contribution in [0.15, 0.2) is 29.1 Å². The van der Waals surface area contributed by atoms with Crippen LogP contribution >= 0.6 is 11.6 Å². The number of rotatable bonds is 5. The van der Waals surface area contributed by atoms with Gasteiger partial charge in [0.05, 0.1) is 33.4 Å². The molecule has 12 heteroatoms. The van der Waals surface area contributed by atoms with Crippen LogP contribution in [-0.4, -0.2) is 66.8 Å². The first-order valence-corrected chi connectivity index (χ1v) is 16.0. The van der Waals surface area contributed by atoms with E-state index in [0.717, 1.165) is 0 Å². The molecule has 2 aromatic carbocycles. The topological polar surface area (TPSA) is 106 Å². The van der Waals surface area contributed by atoms with Crippen molar-refractivity contribution in [2.75, 3.05) is 38.4 Å². The highest BCUT2D eigenvalue weighted by atomic mass is 35.5. The number of halogens is 2.